The molecule has 2 aromatic rings. The van der Waals surface area contributed by atoms with Gasteiger partial charge in [0.15, 0.2) is 0 Å². The summed E-state index contributed by atoms with van der Waals surface area (Å²) in [5, 5.41) is 9.96. The topological polar surface area (TPSA) is 42.0 Å². The first-order valence-electron chi connectivity index (χ1n) is 5.89. The highest BCUT2D eigenvalue weighted by Gasteiger charge is 2.09. The van der Waals surface area contributed by atoms with Crippen molar-refractivity contribution in [1.82, 2.24) is 10.3 Å². The number of hydrogen-bond acceptors (Lipinski definition) is 4. The van der Waals surface area contributed by atoms with Gasteiger partial charge in [-0.1, -0.05) is 13.8 Å². The number of thiazole rings is 1. The van der Waals surface area contributed by atoms with Gasteiger partial charge in [-0.2, -0.15) is 11.3 Å². The second-order valence-electron chi connectivity index (χ2n) is 4.53. The normalized spacial score (nSPS) is 10.8. The molecular formula is C13H16N2OS2. The molecule has 0 saturated heterocycles. The van der Waals surface area contributed by atoms with E-state index in [0.717, 1.165) is 22.8 Å². The van der Waals surface area contributed by atoms with Gasteiger partial charge in [-0.05, 0) is 17.4 Å². The summed E-state index contributed by atoms with van der Waals surface area (Å²) < 4.78 is 0. The highest BCUT2D eigenvalue weighted by atomic mass is 32.1. The average molecular weight is 280 g/mol. The first kappa shape index (κ1) is 13.2. The lowest BCUT2D eigenvalue weighted by atomic mass is 10.2. The molecule has 0 radical (unpaired) electrons. The summed E-state index contributed by atoms with van der Waals surface area (Å²) in [5.74, 6) is 0.525. The quantitative estimate of drug-likeness (QED) is 0.914. The molecule has 3 nitrogen and oxygen atoms in total. The Labute approximate surface area is 115 Å². The van der Waals surface area contributed by atoms with Gasteiger partial charge < -0.3 is 5.32 Å². The average Bonchev–Trinajstić information content (AvgIpc) is 2.95. The molecule has 0 atom stereocenters. The maximum Gasteiger partial charge on any atom is 0.226 e. The smallest absolute Gasteiger partial charge is 0.226 e. The van der Waals surface area contributed by atoms with Crippen LogP contribution in [-0.4, -0.2) is 17.4 Å². The highest BCUT2D eigenvalue weighted by Crippen LogP contribution is 2.25. The highest BCUT2D eigenvalue weighted by molar-refractivity contribution is 7.14. The predicted octanol–water partition coefficient (Wildman–Crippen LogP) is 3.19. The summed E-state index contributed by atoms with van der Waals surface area (Å²) in [6.07, 6.45) is 0.368. The van der Waals surface area contributed by atoms with Gasteiger partial charge in [-0.15, -0.1) is 11.3 Å². The van der Waals surface area contributed by atoms with Gasteiger partial charge in [0, 0.05) is 22.9 Å². The molecule has 0 aromatic carbocycles. The molecule has 0 aliphatic heterocycles. The number of aromatic nitrogens is 1. The molecule has 5 heteroatoms. The Balaban J connectivity index is 1.93. The third kappa shape index (κ3) is 3.65. The third-order valence-corrected chi connectivity index (χ3v) is 3.99. The van der Waals surface area contributed by atoms with Crippen LogP contribution in [0.1, 0.15) is 19.5 Å². The van der Waals surface area contributed by atoms with Crippen molar-refractivity contribution in [2.45, 2.75) is 20.3 Å². The second kappa shape index (κ2) is 6.11. The fraction of sp³-hybridized carbons (Fsp3) is 0.385. The Bertz CT molecular complexity index is 503. The van der Waals surface area contributed by atoms with Gasteiger partial charge in [0.05, 0.1) is 12.1 Å². The van der Waals surface area contributed by atoms with E-state index < -0.39 is 0 Å². The maximum absolute atomic E-state index is 11.7. The molecule has 1 N–H and O–H groups in total. The lowest BCUT2D eigenvalue weighted by Gasteiger charge is -2.06. The van der Waals surface area contributed by atoms with Crippen molar-refractivity contribution < 1.29 is 4.79 Å². The zero-order chi connectivity index (χ0) is 13.0. The predicted molar refractivity (Wildman–Crippen MR) is 77.0 cm³/mol. The molecule has 0 aliphatic rings. The molecule has 0 fully saturated rings. The molecule has 0 aliphatic carbocycles. The molecule has 0 unspecified atom stereocenters. The van der Waals surface area contributed by atoms with Crippen LogP contribution in [-0.2, 0) is 11.2 Å². The van der Waals surface area contributed by atoms with Crippen LogP contribution in [0.5, 0.6) is 0 Å². The van der Waals surface area contributed by atoms with E-state index in [9.17, 15) is 4.79 Å². The van der Waals surface area contributed by atoms with E-state index in [1.807, 2.05) is 16.8 Å². The number of thiophene rings is 1. The van der Waals surface area contributed by atoms with Gasteiger partial charge in [0.1, 0.15) is 5.01 Å². The molecule has 0 saturated carbocycles. The first-order valence-corrected chi connectivity index (χ1v) is 7.71. The van der Waals surface area contributed by atoms with E-state index in [-0.39, 0.29) is 5.91 Å². The van der Waals surface area contributed by atoms with E-state index in [1.54, 1.807) is 22.7 Å². The standard InChI is InChI=1S/C13H16N2OS2/c1-9(2)6-14-12(16)5-11-8-18-13(15-11)10-3-4-17-7-10/h3-4,7-9H,5-6H2,1-2H3,(H,14,16). The minimum atomic E-state index is 0.0471. The summed E-state index contributed by atoms with van der Waals surface area (Å²) in [7, 11) is 0. The van der Waals surface area contributed by atoms with Crippen LogP contribution in [0.3, 0.4) is 0 Å². The van der Waals surface area contributed by atoms with E-state index >= 15 is 0 Å². The lowest BCUT2D eigenvalue weighted by Crippen LogP contribution is -2.28. The van der Waals surface area contributed by atoms with Gasteiger partial charge in [-0.3, -0.25) is 4.79 Å². The van der Waals surface area contributed by atoms with E-state index in [1.165, 1.54) is 0 Å². The Morgan fingerprint density at radius 3 is 2.94 bits per heavy atom. The number of carbonyl (C=O) groups excluding carboxylic acids is 1. The van der Waals surface area contributed by atoms with Crippen molar-refractivity contribution >= 4 is 28.6 Å². The molecule has 1 amide bonds. The summed E-state index contributed by atoms with van der Waals surface area (Å²) in [4.78, 5) is 16.2. The molecular weight excluding hydrogens is 264 g/mol. The Morgan fingerprint density at radius 2 is 2.28 bits per heavy atom. The van der Waals surface area contributed by atoms with Crippen LogP contribution in [0.2, 0.25) is 0 Å². The molecule has 0 spiro atoms. The van der Waals surface area contributed by atoms with Crippen molar-refractivity contribution in [1.29, 1.82) is 0 Å². The number of rotatable bonds is 5. The molecule has 0 bridgehead atoms. The Morgan fingerprint density at radius 1 is 1.44 bits per heavy atom. The first-order chi connectivity index (χ1) is 8.65. The lowest BCUT2D eigenvalue weighted by molar-refractivity contribution is -0.120. The SMILES string of the molecule is CC(C)CNC(=O)Cc1csc(-c2ccsc2)n1. The largest absolute Gasteiger partial charge is 0.356 e. The van der Waals surface area contributed by atoms with E-state index in [2.05, 4.69) is 29.5 Å². The number of nitrogens with zero attached hydrogens (tertiary/aromatic N) is 1. The van der Waals surface area contributed by atoms with Crippen molar-refractivity contribution in [2.75, 3.05) is 6.54 Å². The summed E-state index contributed by atoms with van der Waals surface area (Å²) in [5.41, 5.74) is 1.99. The number of nitrogens with one attached hydrogen (secondary N) is 1. The molecule has 18 heavy (non-hydrogen) atoms. The molecule has 2 aromatic heterocycles. The Hall–Kier alpha value is -1.20. The van der Waals surface area contributed by atoms with Gasteiger partial charge in [0.25, 0.3) is 0 Å². The summed E-state index contributed by atoms with van der Waals surface area (Å²) >= 11 is 3.25. The third-order valence-electron chi connectivity index (χ3n) is 2.37. The minimum Gasteiger partial charge on any atom is -0.356 e. The number of amides is 1. The summed E-state index contributed by atoms with van der Waals surface area (Å²) in [6, 6.07) is 2.05. The van der Waals surface area contributed by atoms with Crippen molar-refractivity contribution in [3.8, 4) is 10.6 Å². The van der Waals surface area contributed by atoms with Crippen LogP contribution in [0.15, 0.2) is 22.2 Å². The minimum absolute atomic E-state index is 0.0471. The zero-order valence-corrected chi connectivity index (χ0v) is 12.1. The maximum atomic E-state index is 11.7. The van der Waals surface area contributed by atoms with Crippen LogP contribution < -0.4 is 5.32 Å². The van der Waals surface area contributed by atoms with Crippen molar-refractivity contribution in [2.24, 2.45) is 5.92 Å². The van der Waals surface area contributed by atoms with Crippen LogP contribution in [0.25, 0.3) is 10.6 Å². The van der Waals surface area contributed by atoms with E-state index in [0.29, 0.717) is 12.3 Å². The molecule has 2 rings (SSSR count). The van der Waals surface area contributed by atoms with Crippen LogP contribution in [0, 0.1) is 5.92 Å². The van der Waals surface area contributed by atoms with Crippen molar-refractivity contribution in [3.05, 3.63) is 27.9 Å². The molecule has 2 heterocycles. The fourth-order valence-electron chi connectivity index (χ4n) is 1.45. The van der Waals surface area contributed by atoms with E-state index in [4.69, 9.17) is 0 Å². The monoisotopic (exact) mass is 280 g/mol. The second-order valence-corrected chi connectivity index (χ2v) is 6.17. The van der Waals surface area contributed by atoms with Gasteiger partial charge in [-0.25, -0.2) is 4.98 Å². The Kier molecular flexibility index (Phi) is 4.49. The fourth-order valence-corrected chi connectivity index (χ4v) is 2.98. The molecule has 96 valence electrons. The number of hydrogen-bond donors (Lipinski definition) is 1. The van der Waals surface area contributed by atoms with Gasteiger partial charge in [0.2, 0.25) is 5.91 Å². The van der Waals surface area contributed by atoms with Crippen LogP contribution >= 0.6 is 22.7 Å². The zero-order valence-electron chi connectivity index (χ0n) is 10.5. The van der Waals surface area contributed by atoms with Gasteiger partial charge >= 0.3 is 0 Å². The van der Waals surface area contributed by atoms with Crippen LogP contribution in [0.4, 0.5) is 0 Å². The number of carbonyl (C=O) groups is 1. The van der Waals surface area contributed by atoms with Crippen molar-refractivity contribution in [3.63, 3.8) is 0 Å². The summed E-state index contributed by atoms with van der Waals surface area (Å²) in [6.45, 7) is 4.88.